The monoisotopic (exact) mass is 212 g/mol. The fourth-order valence-electron chi connectivity index (χ4n) is 1.46. The first-order valence-electron chi connectivity index (χ1n) is 5.53. The highest BCUT2D eigenvalue weighted by Crippen LogP contribution is 2.11. The SMILES string of the molecule is CC(=O)CCCCCCC(C=O)C(C)=O. The second-order valence-corrected chi connectivity index (χ2v) is 4.01. The highest BCUT2D eigenvalue weighted by molar-refractivity contribution is 5.91. The molecule has 1 atom stereocenters. The van der Waals surface area contributed by atoms with Gasteiger partial charge in [0.2, 0.25) is 0 Å². The molecule has 0 aliphatic carbocycles. The summed E-state index contributed by atoms with van der Waals surface area (Å²) >= 11 is 0. The Hall–Kier alpha value is -0.990. The van der Waals surface area contributed by atoms with E-state index in [0.717, 1.165) is 32.0 Å². The lowest BCUT2D eigenvalue weighted by Gasteiger charge is -2.05. The lowest BCUT2D eigenvalue weighted by molar-refractivity contribution is -0.126. The number of rotatable bonds is 9. The molecule has 0 heterocycles. The van der Waals surface area contributed by atoms with E-state index < -0.39 is 5.92 Å². The molecule has 0 rings (SSSR count). The van der Waals surface area contributed by atoms with Crippen LogP contribution in [0.5, 0.6) is 0 Å². The summed E-state index contributed by atoms with van der Waals surface area (Å²) in [6.07, 6.45) is 5.83. The van der Waals surface area contributed by atoms with Gasteiger partial charge in [-0.25, -0.2) is 0 Å². The van der Waals surface area contributed by atoms with Gasteiger partial charge in [0, 0.05) is 6.42 Å². The zero-order valence-corrected chi connectivity index (χ0v) is 9.62. The maximum atomic E-state index is 10.9. The molecule has 86 valence electrons. The van der Waals surface area contributed by atoms with Gasteiger partial charge in [-0.2, -0.15) is 0 Å². The van der Waals surface area contributed by atoms with Gasteiger partial charge in [0.15, 0.2) is 0 Å². The summed E-state index contributed by atoms with van der Waals surface area (Å²) in [5, 5.41) is 0. The van der Waals surface area contributed by atoms with Gasteiger partial charge in [-0.1, -0.05) is 19.3 Å². The molecule has 0 aromatic rings. The third-order valence-corrected chi connectivity index (χ3v) is 2.48. The van der Waals surface area contributed by atoms with Crippen molar-refractivity contribution in [2.24, 2.45) is 5.92 Å². The number of hydrogen-bond acceptors (Lipinski definition) is 3. The zero-order chi connectivity index (χ0) is 11.7. The molecule has 3 nitrogen and oxygen atoms in total. The van der Waals surface area contributed by atoms with Gasteiger partial charge in [0.05, 0.1) is 5.92 Å². The molecule has 1 unspecified atom stereocenters. The Balaban J connectivity index is 3.41. The van der Waals surface area contributed by atoms with Crippen LogP contribution >= 0.6 is 0 Å². The van der Waals surface area contributed by atoms with Crippen LogP contribution < -0.4 is 0 Å². The van der Waals surface area contributed by atoms with Crippen molar-refractivity contribution in [3.05, 3.63) is 0 Å². The molecule has 3 heteroatoms. The lowest BCUT2D eigenvalue weighted by atomic mass is 9.98. The summed E-state index contributed by atoms with van der Waals surface area (Å²) in [6.45, 7) is 3.05. The van der Waals surface area contributed by atoms with Crippen molar-refractivity contribution in [1.29, 1.82) is 0 Å². The summed E-state index contributed by atoms with van der Waals surface area (Å²) in [4.78, 5) is 32.0. The van der Waals surface area contributed by atoms with Gasteiger partial charge in [0.25, 0.3) is 0 Å². The molecule has 0 spiro atoms. The van der Waals surface area contributed by atoms with Crippen LogP contribution in [0.4, 0.5) is 0 Å². The molecular weight excluding hydrogens is 192 g/mol. The Bertz CT molecular complexity index is 221. The van der Waals surface area contributed by atoms with Crippen LogP contribution in [0.3, 0.4) is 0 Å². The number of unbranched alkanes of at least 4 members (excludes halogenated alkanes) is 3. The lowest BCUT2D eigenvalue weighted by Crippen LogP contribution is -2.11. The number of aldehydes is 1. The molecule has 0 amide bonds. The molecule has 0 aliphatic heterocycles. The molecule has 0 aliphatic rings. The number of hydrogen-bond donors (Lipinski definition) is 0. The van der Waals surface area contributed by atoms with E-state index in [4.69, 9.17) is 0 Å². The average molecular weight is 212 g/mol. The first-order valence-corrected chi connectivity index (χ1v) is 5.53. The number of carbonyl (C=O) groups excluding carboxylic acids is 3. The van der Waals surface area contributed by atoms with Crippen molar-refractivity contribution in [3.63, 3.8) is 0 Å². The van der Waals surface area contributed by atoms with Gasteiger partial charge < -0.3 is 9.59 Å². The van der Waals surface area contributed by atoms with Gasteiger partial charge >= 0.3 is 0 Å². The summed E-state index contributed by atoms with van der Waals surface area (Å²) in [7, 11) is 0. The standard InChI is InChI=1S/C12H20O3/c1-10(14)7-5-3-4-6-8-12(9-13)11(2)15/h9,12H,3-8H2,1-2H3. The summed E-state index contributed by atoms with van der Waals surface area (Å²) in [5.74, 6) is -0.240. The molecule has 0 aromatic carbocycles. The predicted molar refractivity (Wildman–Crippen MR) is 58.6 cm³/mol. The quantitative estimate of drug-likeness (QED) is 0.335. The molecule has 0 fully saturated rings. The van der Waals surface area contributed by atoms with Crippen molar-refractivity contribution >= 4 is 17.9 Å². The molecular formula is C12H20O3. The van der Waals surface area contributed by atoms with Crippen LogP contribution in [0.15, 0.2) is 0 Å². The second-order valence-electron chi connectivity index (χ2n) is 4.01. The van der Waals surface area contributed by atoms with Gasteiger partial charge in [0.1, 0.15) is 17.9 Å². The first-order chi connectivity index (χ1) is 7.07. The third-order valence-electron chi connectivity index (χ3n) is 2.48. The van der Waals surface area contributed by atoms with Crippen LogP contribution in [0, 0.1) is 5.92 Å². The van der Waals surface area contributed by atoms with E-state index in [-0.39, 0.29) is 11.6 Å². The number of ketones is 2. The smallest absolute Gasteiger partial charge is 0.139 e. The minimum absolute atomic E-state index is 0.0475. The molecule has 0 bridgehead atoms. The minimum Gasteiger partial charge on any atom is -0.303 e. The Labute approximate surface area is 91.2 Å². The maximum Gasteiger partial charge on any atom is 0.139 e. The third kappa shape index (κ3) is 8.03. The van der Waals surface area contributed by atoms with E-state index in [9.17, 15) is 14.4 Å². The Morgan fingerprint density at radius 3 is 2.13 bits per heavy atom. The van der Waals surface area contributed by atoms with E-state index in [0.29, 0.717) is 12.8 Å². The average Bonchev–Trinajstić information content (AvgIpc) is 2.15. The fraction of sp³-hybridized carbons (Fsp3) is 0.750. The van der Waals surface area contributed by atoms with Gasteiger partial charge in [-0.15, -0.1) is 0 Å². The normalized spacial score (nSPS) is 12.1. The fourth-order valence-corrected chi connectivity index (χ4v) is 1.46. The predicted octanol–water partition coefficient (Wildman–Crippen LogP) is 2.32. The van der Waals surface area contributed by atoms with Crippen LogP contribution in [-0.2, 0) is 14.4 Å². The van der Waals surface area contributed by atoms with Crippen molar-refractivity contribution in [3.8, 4) is 0 Å². The number of Topliss-reactive ketones (excluding diaryl/α,β-unsaturated/α-hetero) is 2. The van der Waals surface area contributed by atoms with E-state index in [2.05, 4.69) is 0 Å². The van der Waals surface area contributed by atoms with E-state index in [1.165, 1.54) is 6.92 Å². The van der Waals surface area contributed by atoms with Crippen molar-refractivity contribution in [2.45, 2.75) is 52.4 Å². The topological polar surface area (TPSA) is 51.2 Å². The molecule has 0 saturated heterocycles. The Kier molecular flexibility index (Phi) is 7.78. The van der Waals surface area contributed by atoms with Gasteiger partial charge in [-0.05, 0) is 26.7 Å². The van der Waals surface area contributed by atoms with Crippen LogP contribution in [-0.4, -0.2) is 17.9 Å². The van der Waals surface area contributed by atoms with E-state index in [1.54, 1.807) is 6.92 Å². The zero-order valence-electron chi connectivity index (χ0n) is 9.62. The largest absolute Gasteiger partial charge is 0.303 e. The molecule has 0 radical (unpaired) electrons. The Morgan fingerprint density at radius 1 is 1.07 bits per heavy atom. The molecule has 0 N–H and O–H groups in total. The van der Waals surface area contributed by atoms with E-state index in [1.807, 2.05) is 0 Å². The first kappa shape index (κ1) is 14.0. The Morgan fingerprint density at radius 2 is 1.67 bits per heavy atom. The van der Waals surface area contributed by atoms with Gasteiger partial charge in [-0.3, -0.25) is 4.79 Å². The van der Waals surface area contributed by atoms with Crippen molar-refractivity contribution in [1.82, 2.24) is 0 Å². The maximum absolute atomic E-state index is 10.9. The number of carbonyl (C=O) groups is 3. The molecule has 0 saturated carbocycles. The van der Waals surface area contributed by atoms with Crippen LogP contribution in [0.2, 0.25) is 0 Å². The van der Waals surface area contributed by atoms with E-state index >= 15 is 0 Å². The van der Waals surface area contributed by atoms with Crippen molar-refractivity contribution in [2.75, 3.05) is 0 Å². The second kappa shape index (κ2) is 8.33. The van der Waals surface area contributed by atoms with Crippen LogP contribution in [0.1, 0.15) is 52.4 Å². The highest BCUT2D eigenvalue weighted by Gasteiger charge is 2.11. The highest BCUT2D eigenvalue weighted by atomic mass is 16.1. The minimum atomic E-state index is -0.419. The summed E-state index contributed by atoms with van der Waals surface area (Å²) in [5.41, 5.74) is 0. The van der Waals surface area contributed by atoms with Crippen molar-refractivity contribution < 1.29 is 14.4 Å². The molecule has 0 aromatic heterocycles. The van der Waals surface area contributed by atoms with Crippen LogP contribution in [0.25, 0.3) is 0 Å². The summed E-state index contributed by atoms with van der Waals surface area (Å²) in [6, 6.07) is 0. The summed E-state index contributed by atoms with van der Waals surface area (Å²) < 4.78 is 0. The molecule has 15 heavy (non-hydrogen) atoms.